The fourth-order valence-electron chi connectivity index (χ4n) is 1.51. The van der Waals surface area contributed by atoms with E-state index in [9.17, 15) is 4.79 Å². The van der Waals surface area contributed by atoms with Crippen molar-refractivity contribution in [3.63, 3.8) is 0 Å². The van der Waals surface area contributed by atoms with Gasteiger partial charge in [-0.3, -0.25) is 9.69 Å². The fraction of sp³-hybridized carbons (Fsp3) is 0.700. The second kappa shape index (κ2) is 6.13. The molecule has 1 fully saturated rings. The van der Waals surface area contributed by atoms with Crippen molar-refractivity contribution in [2.45, 2.75) is 6.42 Å². The van der Waals surface area contributed by atoms with Gasteiger partial charge in [0.1, 0.15) is 0 Å². The molecule has 1 atom stereocenters. The van der Waals surface area contributed by atoms with Gasteiger partial charge in [-0.05, 0) is 6.42 Å². The zero-order valence-electron chi connectivity index (χ0n) is 8.48. The quantitative estimate of drug-likeness (QED) is 0.590. The zero-order valence-corrected chi connectivity index (χ0v) is 8.48. The molecule has 0 radical (unpaired) electrons. The molecule has 0 amide bonds. The standard InChI is InChI=1S/C10H13N3O2/c11-2-4-13(5-3-12)7-10(14)9-1-6-15-8-9/h9H,1,4-8H2. The van der Waals surface area contributed by atoms with Crippen LogP contribution >= 0.6 is 0 Å². The van der Waals surface area contributed by atoms with Crippen LogP contribution in [0.4, 0.5) is 0 Å². The minimum Gasteiger partial charge on any atom is -0.381 e. The van der Waals surface area contributed by atoms with E-state index < -0.39 is 0 Å². The second-order valence-electron chi connectivity index (χ2n) is 3.49. The van der Waals surface area contributed by atoms with Crippen molar-refractivity contribution in [3.05, 3.63) is 0 Å². The lowest BCUT2D eigenvalue weighted by molar-refractivity contribution is -0.123. The molecular weight excluding hydrogens is 194 g/mol. The van der Waals surface area contributed by atoms with E-state index in [1.165, 1.54) is 0 Å². The van der Waals surface area contributed by atoms with Crippen molar-refractivity contribution in [3.8, 4) is 12.1 Å². The largest absolute Gasteiger partial charge is 0.381 e. The van der Waals surface area contributed by atoms with Gasteiger partial charge in [-0.25, -0.2) is 0 Å². The zero-order chi connectivity index (χ0) is 11.1. The van der Waals surface area contributed by atoms with E-state index in [4.69, 9.17) is 15.3 Å². The molecule has 0 aromatic carbocycles. The molecule has 0 aromatic heterocycles. The van der Waals surface area contributed by atoms with Gasteiger partial charge in [-0.2, -0.15) is 10.5 Å². The number of ketones is 1. The first-order valence-corrected chi connectivity index (χ1v) is 4.84. The predicted octanol–water partition coefficient (Wildman–Crippen LogP) is -0.0588. The molecular formula is C10H13N3O2. The monoisotopic (exact) mass is 207 g/mol. The molecule has 15 heavy (non-hydrogen) atoms. The number of hydrogen-bond acceptors (Lipinski definition) is 5. The van der Waals surface area contributed by atoms with Crippen LogP contribution < -0.4 is 0 Å². The lowest BCUT2D eigenvalue weighted by Gasteiger charge is -2.15. The maximum Gasteiger partial charge on any atom is 0.152 e. The number of carbonyl (C=O) groups excluding carboxylic acids is 1. The van der Waals surface area contributed by atoms with E-state index in [0.29, 0.717) is 13.2 Å². The van der Waals surface area contributed by atoms with Crippen LogP contribution in [-0.4, -0.2) is 43.5 Å². The highest BCUT2D eigenvalue weighted by Gasteiger charge is 2.24. The van der Waals surface area contributed by atoms with Crippen LogP contribution in [0.1, 0.15) is 6.42 Å². The third-order valence-corrected chi connectivity index (χ3v) is 2.35. The van der Waals surface area contributed by atoms with Gasteiger partial charge in [0.05, 0.1) is 38.4 Å². The van der Waals surface area contributed by atoms with Crippen molar-refractivity contribution < 1.29 is 9.53 Å². The highest BCUT2D eigenvalue weighted by Crippen LogP contribution is 2.13. The summed E-state index contributed by atoms with van der Waals surface area (Å²) in [4.78, 5) is 13.2. The number of carbonyl (C=O) groups is 1. The first kappa shape index (κ1) is 11.6. The Morgan fingerprint density at radius 3 is 2.53 bits per heavy atom. The summed E-state index contributed by atoms with van der Waals surface area (Å²) in [6, 6.07) is 3.88. The average Bonchev–Trinajstić information content (AvgIpc) is 2.71. The normalized spacial score (nSPS) is 19.8. The molecule has 1 aliphatic rings. The van der Waals surface area contributed by atoms with E-state index in [2.05, 4.69) is 0 Å². The number of Topliss-reactive ketones (excluding diaryl/α,β-unsaturated/α-hetero) is 1. The Balaban J connectivity index is 2.40. The summed E-state index contributed by atoms with van der Waals surface area (Å²) in [5, 5.41) is 17.0. The Morgan fingerprint density at radius 1 is 1.40 bits per heavy atom. The van der Waals surface area contributed by atoms with Crippen LogP contribution in [-0.2, 0) is 9.53 Å². The molecule has 5 heteroatoms. The number of nitrogens with zero attached hydrogens (tertiary/aromatic N) is 3. The van der Waals surface area contributed by atoms with E-state index in [-0.39, 0.29) is 31.3 Å². The Morgan fingerprint density at radius 2 is 2.07 bits per heavy atom. The van der Waals surface area contributed by atoms with E-state index >= 15 is 0 Å². The smallest absolute Gasteiger partial charge is 0.152 e. The maximum absolute atomic E-state index is 11.7. The van der Waals surface area contributed by atoms with E-state index in [0.717, 1.165) is 6.42 Å². The molecule has 0 aromatic rings. The lowest BCUT2D eigenvalue weighted by Crippen LogP contribution is -2.34. The second-order valence-corrected chi connectivity index (χ2v) is 3.49. The van der Waals surface area contributed by atoms with Gasteiger partial charge < -0.3 is 4.74 Å². The summed E-state index contributed by atoms with van der Waals surface area (Å²) in [5.41, 5.74) is 0. The summed E-state index contributed by atoms with van der Waals surface area (Å²) in [6.45, 7) is 1.52. The molecule has 1 aliphatic heterocycles. The van der Waals surface area contributed by atoms with Crippen molar-refractivity contribution in [2.75, 3.05) is 32.8 Å². The van der Waals surface area contributed by atoms with E-state index in [1.54, 1.807) is 4.90 Å². The third-order valence-electron chi connectivity index (χ3n) is 2.35. The molecule has 0 aliphatic carbocycles. The summed E-state index contributed by atoms with van der Waals surface area (Å²) in [5.74, 6) is 0.0166. The van der Waals surface area contributed by atoms with Crippen LogP contribution in [0.15, 0.2) is 0 Å². The summed E-state index contributed by atoms with van der Waals surface area (Å²) in [6.07, 6.45) is 0.756. The predicted molar refractivity (Wildman–Crippen MR) is 51.6 cm³/mol. The molecule has 1 saturated heterocycles. The molecule has 0 spiro atoms. The van der Waals surface area contributed by atoms with Crippen molar-refractivity contribution >= 4 is 5.78 Å². The minimum absolute atomic E-state index is 0.0510. The SMILES string of the molecule is N#CCN(CC#N)CC(=O)C1CCOC1. The summed E-state index contributed by atoms with van der Waals surface area (Å²) in [7, 11) is 0. The molecule has 80 valence electrons. The summed E-state index contributed by atoms with van der Waals surface area (Å²) < 4.78 is 5.11. The van der Waals surface area contributed by atoms with Crippen molar-refractivity contribution in [1.82, 2.24) is 4.90 Å². The highest BCUT2D eigenvalue weighted by molar-refractivity contribution is 5.83. The Kier molecular flexibility index (Phi) is 4.76. The van der Waals surface area contributed by atoms with Crippen LogP contribution in [0.25, 0.3) is 0 Å². The number of rotatable bonds is 5. The first-order chi connectivity index (χ1) is 7.27. The molecule has 1 heterocycles. The number of hydrogen-bond donors (Lipinski definition) is 0. The molecule has 0 N–H and O–H groups in total. The Bertz CT molecular complexity index is 281. The van der Waals surface area contributed by atoms with Gasteiger partial charge in [-0.1, -0.05) is 0 Å². The van der Waals surface area contributed by atoms with Crippen molar-refractivity contribution in [2.24, 2.45) is 5.92 Å². The topological polar surface area (TPSA) is 77.1 Å². The molecule has 0 bridgehead atoms. The molecule has 1 unspecified atom stereocenters. The van der Waals surface area contributed by atoms with Crippen LogP contribution in [0, 0.1) is 28.6 Å². The molecule has 5 nitrogen and oxygen atoms in total. The number of nitriles is 2. The fourth-order valence-corrected chi connectivity index (χ4v) is 1.51. The van der Waals surface area contributed by atoms with Crippen molar-refractivity contribution in [1.29, 1.82) is 10.5 Å². The highest BCUT2D eigenvalue weighted by atomic mass is 16.5. The molecule has 1 rings (SSSR count). The maximum atomic E-state index is 11.7. The van der Waals surface area contributed by atoms with Crippen LogP contribution in [0.5, 0.6) is 0 Å². The summed E-state index contributed by atoms with van der Waals surface area (Å²) >= 11 is 0. The van der Waals surface area contributed by atoms with Gasteiger partial charge >= 0.3 is 0 Å². The van der Waals surface area contributed by atoms with Gasteiger partial charge in [0.25, 0.3) is 0 Å². The molecule has 0 saturated carbocycles. The first-order valence-electron chi connectivity index (χ1n) is 4.84. The third kappa shape index (κ3) is 3.67. The Hall–Kier alpha value is -1.43. The Labute approximate surface area is 88.8 Å². The van der Waals surface area contributed by atoms with Gasteiger partial charge in [-0.15, -0.1) is 0 Å². The van der Waals surface area contributed by atoms with Gasteiger partial charge in [0.2, 0.25) is 0 Å². The van der Waals surface area contributed by atoms with Gasteiger partial charge in [0, 0.05) is 12.5 Å². The average molecular weight is 207 g/mol. The van der Waals surface area contributed by atoms with Gasteiger partial charge in [0.15, 0.2) is 5.78 Å². The van der Waals surface area contributed by atoms with Crippen LogP contribution in [0.3, 0.4) is 0 Å². The van der Waals surface area contributed by atoms with Crippen LogP contribution in [0.2, 0.25) is 0 Å². The lowest BCUT2D eigenvalue weighted by atomic mass is 10.0. The van der Waals surface area contributed by atoms with E-state index in [1.807, 2.05) is 12.1 Å². The number of ether oxygens (including phenoxy) is 1. The minimum atomic E-state index is -0.0510.